The van der Waals surface area contributed by atoms with Crippen LogP contribution in [0.1, 0.15) is 37.3 Å². The molecule has 0 amide bonds. The molecule has 1 aliphatic heterocycles. The van der Waals surface area contributed by atoms with E-state index in [9.17, 15) is 5.11 Å². The number of nitrogens with zero attached hydrogens (tertiary/aromatic N) is 3. The molecule has 1 unspecified atom stereocenters. The van der Waals surface area contributed by atoms with Gasteiger partial charge in [0.05, 0.1) is 12.8 Å². The molecule has 160 valence electrons. The van der Waals surface area contributed by atoms with E-state index in [2.05, 4.69) is 34.9 Å². The minimum Gasteiger partial charge on any atom is -0.396 e. The molecule has 0 aliphatic carbocycles. The van der Waals surface area contributed by atoms with Gasteiger partial charge in [0.15, 0.2) is 5.65 Å². The van der Waals surface area contributed by atoms with E-state index in [1.54, 1.807) is 0 Å². The summed E-state index contributed by atoms with van der Waals surface area (Å²) in [5.41, 5.74) is 2.80. The molecule has 8 heteroatoms. The molecule has 0 radical (unpaired) electrons. The van der Waals surface area contributed by atoms with Crippen LogP contribution in [0.3, 0.4) is 0 Å². The van der Waals surface area contributed by atoms with Crippen molar-refractivity contribution in [3.05, 3.63) is 52.7 Å². The zero-order chi connectivity index (χ0) is 21.1. The van der Waals surface area contributed by atoms with Crippen LogP contribution >= 0.6 is 11.6 Å². The molecular weight excluding hydrogens is 400 g/mol. The largest absolute Gasteiger partial charge is 0.396 e. The first-order chi connectivity index (χ1) is 14.5. The van der Waals surface area contributed by atoms with Crippen LogP contribution in [0, 0.1) is 5.41 Å². The fourth-order valence-corrected chi connectivity index (χ4v) is 4.05. The molecule has 0 spiro atoms. The number of halogens is 1. The van der Waals surface area contributed by atoms with Crippen molar-refractivity contribution in [2.75, 3.05) is 36.9 Å². The molecule has 4 N–H and O–H groups in total. The third kappa shape index (κ3) is 4.24. The first kappa shape index (κ1) is 20.9. The van der Waals surface area contributed by atoms with E-state index in [0.29, 0.717) is 19.0 Å². The van der Waals surface area contributed by atoms with E-state index in [1.165, 1.54) is 0 Å². The maximum Gasteiger partial charge on any atom is 0.163 e. The van der Waals surface area contributed by atoms with Gasteiger partial charge in [-0.2, -0.15) is 9.61 Å². The van der Waals surface area contributed by atoms with E-state index in [0.717, 1.165) is 52.9 Å². The Bertz CT molecular complexity index is 1010. The van der Waals surface area contributed by atoms with E-state index in [4.69, 9.17) is 16.6 Å². The average Bonchev–Trinajstić information content (AvgIpc) is 3.39. The van der Waals surface area contributed by atoms with Crippen molar-refractivity contribution in [2.45, 2.75) is 32.7 Å². The molecule has 1 aromatic carbocycles. The summed E-state index contributed by atoms with van der Waals surface area (Å²) in [5, 5.41) is 25.5. The number of aromatic nitrogens is 3. The zero-order valence-electron chi connectivity index (χ0n) is 17.5. The number of nitrogens with one attached hydrogen (secondary N) is 3. The number of fused-ring (bicyclic) bond motifs is 1. The van der Waals surface area contributed by atoms with Crippen molar-refractivity contribution in [1.82, 2.24) is 19.9 Å². The Morgan fingerprint density at radius 2 is 2.13 bits per heavy atom. The smallest absolute Gasteiger partial charge is 0.163 e. The van der Waals surface area contributed by atoms with Gasteiger partial charge in [0.25, 0.3) is 0 Å². The second-order valence-corrected chi connectivity index (χ2v) is 8.81. The van der Waals surface area contributed by atoms with Crippen molar-refractivity contribution in [3.8, 4) is 0 Å². The predicted octanol–water partition coefficient (Wildman–Crippen LogP) is 3.50. The standard InChI is InChI=1S/C22H29ClN6O/c1-15(2)17-11-27-29-20(25-10-16-5-3-4-6-18(16)23)9-19(28-21(17)29)26-13-22(14-30)7-8-24-12-22/h3-6,9,11,15,24-25,30H,7-8,10,12-14H2,1-2H3,(H,26,28). The first-order valence-corrected chi connectivity index (χ1v) is 10.8. The number of anilines is 2. The van der Waals surface area contributed by atoms with Gasteiger partial charge in [-0.3, -0.25) is 0 Å². The highest BCUT2D eigenvalue weighted by Gasteiger charge is 2.33. The lowest BCUT2D eigenvalue weighted by atomic mass is 9.88. The van der Waals surface area contributed by atoms with E-state index in [1.807, 2.05) is 41.0 Å². The van der Waals surface area contributed by atoms with Crippen LogP contribution in [-0.2, 0) is 6.54 Å². The van der Waals surface area contributed by atoms with Gasteiger partial charge in [0.1, 0.15) is 11.6 Å². The summed E-state index contributed by atoms with van der Waals surface area (Å²) in [6.07, 6.45) is 2.83. The Balaban J connectivity index is 1.63. The van der Waals surface area contributed by atoms with Gasteiger partial charge in [-0.15, -0.1) is 0 Å². The molecule has 0 saturated carbocycles. The Hall–Kier alpha value is -2.35. The number of aliphatic hydroxyl groups is 1. The quantitative estimate of drug-likeness (QED) is 0.439. The van der Waals surface area contributed by atoms with Crippen LogP contribution in [0.5, 0.6) is 0 Å². The minimum absolute atomic E-state index is 0.150. The van der Waals surface area contributed by atoms with Crippen molar-refractivity contribution in [3.63, 3.8) is 0 Å². The molecule has 7 nitrogen and oxygen atoms in total. The van der Waals surface area contributed by atoms with Crippen LogP contribution < -0.4 is 16.0 Å². The average molecular weight is 429 g/mol. The molecule has 4 rings (SSSR count). The maximum absolute atomic E-state index is 9.90. The molecule has 0 bridgehead atoms. The molecule has 30 heavy (non-hydrogen) atoms. The molecule has 1 saturated heterocycles. The van der Waals surface area contributed by atoms with E-state index >= 15 is 0 Å². The molecule has 3 heterocycles. The van der Waals surface area contributed by atoms with Gasteiger partial charge in [-0.25, -0.2) is 4.98 Å². The second-order valence-electron chi connectivity index (χ2n) is 8.40. The van der Waals surface area contributed by atoms with Gasteiger partial charge in [0, 0.05) is 41.7 Å². The summed E-state index contributed by atoms with van der Waals surface area (Å²) in [5.74, 6) is 1.92. The minimum atomic E-state index is -0.153. The Kier molecular flexibility index (Phi) is 6.13. The Morgan fingerprint density at radius 3 is 2.83 bits per heavy atom. The number of hydrogen-bond acceptors (Lipinski definition) is 6. The molecule has 1 aliphatic rings. The highest BCUT2D eigenvalue weighted by atomic mass is 35.5. The summed E-state index contributed by atoms with van der Waals surface area (Å²) in [7, 11) is 0. The lowest BCUT2D eigenvalue weighted by Gasteiger charge is -2.26. The topological polar surface area (TPSA) is 86.5 Å². The molecular formula is C22H29ClN6O. The maximum atomic E-state index is 9.90. The van der Waals surface area contributed by atoms with E-state index < -0.39 is 0 Å². The molecule has 1 atom stereocenters. The van der Waals surface area contributed by atoms with Crippen LogP contribution in [0.4, 0.5) is 11.6 Å². The fraction of sp³-hybridized carbons (Fsp3) is 0.455. The highest BCUT2D eigenvalue weighted by Crippen LogP contribution is 2.28. The normalized spacial score (nSPS) is 19.0. The summed E-state index contributed by atoms with van der Waals surface area (Å²) < 4.78 is 1.84. The first-order valence-electron chi connectivity index (χ1n) is 10.4. The summed E-state index contributed by atoms with van der Waals surface area (Å²) >= 11 is 6.32. The Morgan fingerprint density at radius 1 is 1.30 bits per heavy atom. The van der Waals surface area contributed by atoms with Crippen molar-refractivity contribution >= 4 is 28.9 Å². The second kappa shape index (κ2) is 8.79. The molecule has 3 aromatic rings. The number of aliphatic hydroxyl groups excluding tert-OH is 1. The lowest BCUT2D eigenvalue weighted by Crippen LogP contribution is -2.35. The summed E-state index contributed by atoms with van der Waals surface area (Å²) in [6, 6.07) is 9.77. The SMILES string of the molecule is CC(C)c1cnn2c(NCc3ccccc3Cl)cc(NCC3(CO)CCNC3)nc12. The summed E-state index contributed by atoms with van der Waals surface area (Å²) in [4.78, 5) is 4.84. The monoisotopic (exact) mass is 428 g/mol. The third-order valence-electron chi connectivity index (χ3n) is 5.85. The van der Waals surface area contributed by atoms with Crippen LogP contribution in [0.25, 0.3) is 5.65 Å². The van der Waals surface area contributed by atoms with Gasteiger partial charge in [-0.1, -0.05) is 43.6 Å². The van der Waals surface area contributed by atoms with Crippen molar-refractivity contribution < 1.29 is 5.11 Å². The number of hydrogen-bond donors (Lipinski definition) is 4. The molecule has 1 fully saturated rings. The summed E-state index contributed by atoms with van der Waals surface area (Å²) in [6.45, 7) is 7.41. The Labute approximate surface area is 181 Å². The van der Waals surface area contributed by atoms with E-state index in [-0.39, 0.29) is 12.0 Å². The number of rotatable bonds is 8. The fourth-order valence-electron chi connectivity index (χ4n) is 3.85. The van der Waals surface area contributed by atoms with Crippen LogP contribution in [0.2, 0.25) is 5.02 Å². The van der Waals surface area contributed by atoms with Gasteiger partial charge >= 0.3 is 0 Å². The van der Waals surface area contributed by atoms with Gasteiger partial charge in [0.2, 0.25) is 0 Å². The lowest BCUT2D eigenvalue weighted by molar-refractivity contribution is 0.154. The third-order valence-corrected chi connectivity index (χ3v) is 6.22. The van der Waals surface area contributed by atoms with Gasteiger partial charge in [-0.05, 0) is 30.5 Å². The van der Waals surface area contributed by atoms with Crippen molar-refractivity contribution in [1.29, 1.82) is 0 Å². The van der Waals surface area contributed by atoms with Crippen LogP contribution in [-0.4, -0.2) is 45.9 Å². The predicted molar refractivity (Wildman–Crippen MR) is 121 cm³/mol. The number of benzene rings is 1. The zero-order valence-corrected chi connectivity index (χ0v) is 18.2. The molecule has 2 aromatic heterocycles. The van der Waals surface area contributed by atoms with Crippen LogP contribution in [0.15, 0.2) is 36.5 Å². The van der Waals surface area contributed by atoms with Crippen molar-refractivity contribution in [2.24, 2.45) is 5.41 Å². The van der Waals surface area contributed by atoms with Gasteiger partial charge < -0.3 is 21.1 Å². The highest BCUT2D eigenvalue weighted by molar-refractivity contribution is 6.31.